The summed E-state index contributed by atoms with van der Waals surface area (Å²) in [5, 5.41) is 3.69. The van der Waals surface area contributed by atoms with Gasteiger partial charge in [0, 0.05) is 10.6 Å². The molecule has 4 rings (SSSR count). The molecule has 152 valence electrons. The van der Waals surface area contributed by atoms with Gasteiger partial charge in [-0.25, -0.2) is 4.98 Å². The van der Waals surface area contributed by atoms with Crippen molar-refractivity contribution < 1.29 is 4.79 Å². The topological polar surface area (TPSA) is 64.0 Å². The summed E-state index contributed by atoms with van der Waals surface area (Å²) in [5.74, 6) is 0.425. The Morgan fingerprint density at radius 3 is 2.83 bits per heavy atom. The molecule has 2 heterocycles. The summed E-state index contributed by atoms with van der Waals surface area (Å²) in [6, 6.07) is 7.80. The largest absolute Gasteiger partial charge is 0.324 e. The molecule has 0 bridgehead atoms. The molecule has 2 aromatic heterocycles. The summed E-state index contributed by atoms with van der Waals surface area (Å²) in [4.78, 5) is 32.4. The average molecular weight is 410 g/mol. The number of aromatic nitrogens is 2. The molecule has 0 saturated heterocycles. The summed E-state index contributed by atoms with van der Waals surface area (Å²) >= 11 is 1.63. The second kappa shape index (κ2) is 7.41. The first-order chi connectivity index (χ1) is 13.7. The number of carbonyl (C=O) groups excluding carboxylic acids is 1. The molecule has 1 aliphatic carbocycles. The van der Waals surface area contributed by atoms with E-state index in [9.17, 15) is 9.59 Å². The number of hydrogen-bond donors (Lipinski definition) is 1. The van der Waals surface area contributed by atoms with Crippen LogP contribution in [0.2, 0.25) is 0 Å². The standard InChI is InChI=1S/C23H27N3O2S/c1-14-9-10-15-18(11-14)29-21-20(15)22(28)26(13-24-21)12-19(27)25-17-8-6-5-7-16(17)23(2,3)4/h5-8,13-14H,9-12H2,1-4H3,(H,25,27)/t14-/m0/s1. The highest BCUT2D eigenvalue weighted by Gasteiger charge is 2.24. The van der Waals surface area contributed by atoms with Crippen LogP contribution in [0.3, 0.4) is 0 Å². The lowest BCUT2D eigenvalue weighted by atomic mass is 9.86. The number of nitrogens with zero attached hydrogens (tertiary/aromatic N) is 2. The quantitative estimate of drug-likeness (QED) is 0.692. The van der Waals surface area contributed by atoms with Crippen LogP contribution in [0.25, 0.3) is 10.2 Å². The van der Waals surface area contributed by atoms with Gasteiger partial charge in [-0.15, -0.1) is 11.3 Å². The van der Waals surface area contributed by atoms with E-state index in [0.717, 1.165) is 40.9 Å². The molecule has 6 heteroatoms. The predicted molar refractivity (Wildman–Crippen MR) is 119 cm³/mol. The SMILES string of the molecule is C[C@H]1CCc2c(sc3ncn(CC(=O)Nc4ccccc4C(C)(C)C)c(=O)c23)C1. The Kier molecular flexibility index (Phi) is 5.07. The maximum absolute atomic E-state index is 13.1. The van der Waals surface area contributed by atoms with Gasteiger partial charge in [0.15, 0.2) is 0 Å². The summed E-state index contributed by atoms with van der Waals surface area (Å²) in [5.41, 5.74) is 2.80. The third kappa shape index (κ3) is 3.86. The number of para-hydroxylation sites is 1. The van der Waals surface area contributed by atoms with E-state index in [1.165, 1.54) is 15.8 Å². The van der Waals surface area contributed by atoms with Crippen LogP contribution in [0.5, 0.6) is 0 Å². The van der Waals surface area contributed by atoms with E-state index in [1.54, 1.807) is 11.3 Å². The maximum atomic E-state index is 13.1. The van der Waals surface area contributed by atoms with Gasteiger partial charge >= 0.3 is 0 Å². The lowest BCUT2D eigenvalue weighted by Crippen LogP contribution is -2.29. The van der Waals surface area contributed by atoms with Crippen LogP contribution < -0.4 is 10.9 Å². The molecule has 3 aromatic rings. The summed E-state index contributed by atoms with van der Waals surface area (Å²) in [7, 11) is 0. The van der Waals surface area contributed by atoms with Gasteiger partial charge in [-0.1, -0.05) is 45.9 Å². The second-order valence-electron chi connectivity index (χ2n) is 9.05. The number of rotatable bonds is 3. The molecule has 1 atom stereocenters. The highest BCUT2D eigenvalue weighted by molar-refractivity contribution is 7.18. The fourth-order valence-corrected chi connectivity index (χ4v) is 5.41. The van der Waals surface area contributed by atoms with Gasteiger partial charge in [-0.2, -0.15) is 0 Å². The number of carbonyl (C=O) groups is 1. The van der Waals surface area contributed by atoms with E-state index in [-0.39, 0.29) is 23.4 Å². The minimum atomic E-state index is -0.220. The number of aryl methyl sites for hydroxylation is 1. The summed E-state index contributed by atoms with van der Waals surface area (Å²) in [6.07, 6.45) is 4.53. The predicted octanol–water partition coefficient (Wildman–Crippen LogP) is 4.52. The summed E-state index contributed by atoms with van der Waals surface area (Å²) in [6.45, 7) is 8.54. The molecular weight excluding hydrogens is 382 g/mol. The first kappa shape index (κ1) is 19.8. The Hall–Kier alpha value is -2.47. The lowest BCUT2D eigenvalue weighted by molar-refractivity contribution is -0.116. The zero-order valence-corrected chi connectivity index (χ0v) is 18.2. The number of fused-ring (bicyclic) bond motifs is 3. The van der Waals surface area contributed by atoms with Crippen molar-refractivity contribution in [3.05, 3.63) is 57.0 Å². The molecule has 1 aromatic carbocycles. The number of amides is 1. The lowest BCUT2D eigenvalue weighted by Gasteiger charge is -2.23. The third-order valence-corrected chi connectivity index (χ3v) is 6.77. The Morgan fingerprint density at radius 1 is 1.31 bits per heavy atom. The minimum Gasteiger partial charge on any atom is -0.324 e. The normalized spacial score (nSPS) is 16.6. The fraction of sp³-hybridized carbons (Fsp3) is 0.435. The summed E-state index contributed by atoms with van der Waals surface area (Å²) < 4.78 is 1.43. The molecule has 1 amide bonds. The number of anilines is 1. The van der Waals surface area contributed by atoms with E-state index in [1.807, 2.05) is 24.3 Å². The zero-order valence-electron chi connectivity index (χ0n) is 17.4. The van der Waals surface area contributed by atoms with Crippen LogP contribution in [0.4, 0.5) is 5.69 Å². The van der Waals surface area contributed by atoms with Gasteiger partial charge in [0.2, 0.25) is 5.91 Å². The van der Waals surface area contributed by atoms with Crippen molar-refractivity contribution in [1.29, 1.82) is 0 Å². The van der Waals surface area contributed by atoms with Crippen molar-refractivity contribution in [3.63, 3.8) is 0 Å². The maximum Gasteiger partial charge on any atom is 0.262 e. The first-order valence-electron chi connectivity index (χ1n) is 10.1. The van der Waals surface area contributed by atoms with Gasteiger partial charge in [-0.05, 0) is 47.8 Å². The molecular formula is C23H27N3O2S. The molecule has 1 aliphatic rings. The molecule has 29 heavy (non-hydrogen) atoms. The van der Waals surface area contributed by atoms with Crippen molar-refractivity contribution in [2.45, 2.75) is 58.9 Å². The van der Waals surface area contributed by atoms with E-state index < -0.39 is 0 Å². The zero-order chi connectivity index (χ0) is 20.8. The van der Waals surface area contributed by atoms with E-state index in [2.05, 4.69) is 38.0 Å². The van der Waals surface area contributed by atoms with Crippen LogP contribution in [-0.4, -0.2) is 15.5 Å². The smallest absolute Gasteiger partial charge is 0.262 e. The van der Waals surface area contributed by atoms with Crippen LogP contribution in [0, 0.1) is 5.92 Å². The molecule has 0 saturated carbocycles. The van der Waals surface area contributed by atoms with Gasteiger partial charge in [0.05, 0.1) is 11.7 Å². The molecule has 0 spiro atoms. The highest BCUT2D eigenvalue weighted by Crippen LogP contribution is 2.35. The van der Waals surface area contributed by atoms with Crippen LogP contribution >= 0.6 is 11.3 Å². The van der Waals surface area contributed by atoms with Crippen molar-refractivity contribution >= 4 is 33.1 Å². The fourth-order valence-electron chi connectivity index (χ4n) is 4.07. The Labute approximate surface area is 174 Å². The Morgan fingerprint density at radius 2 is 2.07 bits per heavy atom. The Balaban J connectivity index is 1.61. The second-order valence-corrected chi connectivity index (χ2v) is 10.1. The van der Waals surface area contributed by atoms with Gasteiger partial charge in [0.25, 0.3) is 5.56 Å². The van der Waals surface area contributed by atoms with Crippen molar-refractivity contribution in [2.24, 2.45) is 5.92 Å². The minimum absolute atomic E-state index is 0.0404. The van der Waals surface area contributed by atoms with E-state index in [4.69, 9.17) is 0 Å². The van der Waals surface area contributed by atoms with Crippen molar-refractivity contribution in [3.8, 4) is 0 Å². The molecule has 0 radical (unpaired) electrons. The molecule has 0 unspecified atom stereocenters. The van der Waals surface area contributed by atoms with Gasteiger partial charge < -0.3 is 5.32 Å². The van der Waals surface area contributed by atoms with Crippen LogP contribution in [0.15, 0.2) is 35.4 Å². The molecule has 0 aliphatic heterocycles. The molecule has 1 N–H and O–H groups in total. The third-order valence-electron chi connectivity index (χ3n) is 5.61. The van der Waals surface area contributed by atoms with Gasteiger partial charge in [0.1, 0.15) is 11.4 Å². The van der Waals surface area contributed by atoms with E-state index in [0.29, 0.717) is 11.3 Å². The first-order valence-corrected chi connectivity index (χ1v) is 10.9. The number of benzene rings is 1. The van der Waals surface area contributed by atoms with Crippen molar-refractivity contribution in [1.82, 2.24) is 9.55 Å². The van der Waals surface area contributed by atoms with Crippen LogP contribution in [0.1, 0.15) is 50.1 Å². The van der Waals surface area contributed by atoms with Crippen LogP contribution in [-0.2, 0) is 29.6 Å². The number of hydrogen-bond acceptors (Lipinski definition) is 4. The number of nitrogens with one attached hydrogen (secondary N) is 1. The molecule has 0 fully saturated rings. The average Bonchev–Trinajstić information content (AvgIpc) is 3.01. The van der Waals surface area contributed by atoms with Gasteiger partial charge in [-0.3, -0.25) is 14.2 Å². The monoisotopic (exact) mass is 409 g/mol. The molecule has 5 nitrogen and oxygen atoms in total. The van der Waals surface area contributed by atoms with E-state index >= 15 is 0 Å². The number of thiophene rings is 1. The highest BCUT2D eigenvalue weighted by atomic mass is 32.1. The van der Waals surface area contributed by atoms with Crippen molar-refractivity contribution in [2.75, 3.05) is 5.32 Å². The Bertz CT molecular complexity index is 1140.